The molecule has 0 aliphatic carbocycles. The topological polar surface area (TPSA) is 93.7 Å². The van der Waals surface area contributed by atoms with Crippen LogP contribution in [0.1, 0.15) is 41.5 Å². The molecule has 0 radical (unpaired) electrons. The van der Waals surface area contributed by atoms with Crippen molar-refractivity contribution in [3.05, 3.63) is 11.4 Å². The summed E-state index contributed by atoms with van der Waals surface area (Å²) in [4.78, 5) is 11.0. The molecule has 3 aliphatic rings. The number of hydrogen-bond donors (Lipinski definition) is 2. The highest BCUT2D eigenvalue weighted by Crippen LogP contribution is 2.40. The summed E-state index contributed by atoms with van der Waals surface area (Å²) in [5.41, 5.74) is 7.31. The molecule has 3 heterocycles. The summed E-state index contributed by atoms with van der Waals surface area (Å²) in [7, 11) is 0. The predicted octanol–water partition coefficient (Wildman–Crippen LogP) is 1.18. The van der Waals surface area contributed by atoms with E-state index in [1.165, 1.54) is 0 Å². The molecule has 2 fully saturated rings. The van der Waals surface area contributed by atoms with Crippen molar-refractivity contribution in [3.63, 3.8) is 0 Å². The molecule has 3 aliphatic heterocycles. The number of nitrogens with two attached hydrogens (primary N) is 1. The lowest BCUT2D eigenvalue weighted by Gasteiger charge is -2.29. The van der Waals surface area contributed by atoms with Crippen LogP contribution in [0.4, 0.5) is 0 Å². The summed E-state index contributed by atoms with van der Waals surface area (Å²) < 4.78 is 18.7. The molecule has 2 unspecified atom stereocenters. The molecule has 3 rings (SSSR count). The third kappa shape index (κ3) is 3.64. The van der Waals surface area contributed by atoms with Crippen molar-refractivity contribution in [2.24, 2.45) is 15.7 Å². The minimum absolute atomic E-state index is 0.113. The predicted molar refractivity (Wildman–Crippen MR) is 101 cm³/mol. The lowest BCUT2D eigenvalue weighted by Crippen LogP contribution is -2.45. The van der Waals surface area contributed by atoms with E-state index in [1.54, 1.807) is 6.34 Å². The third-order valence-electron chi connectivity index (χ3n) is 4.58. The molecule has 0 bridgehead atoms. The molecule has 2 saturated heterocycles. The summed E-state index contributed by atoms with van der Waals surface area (Å²) in [5.74, 6) is 0.0801. The zero-order valence-electron chi connectivity index (χ0n) is 16.5. The first-order valence-corrected chi connectivity index (χ1v) is 9.31. The van der Waals surface area contributed by atoms with Gasteiger partial charge in [-0.1, -0.05) is 13.8 Å². The van der Waals surface area contributed by atoms with Gasteiger partial charge in [-0.3, -0.25) is 9.89 Å². The maximum absolute atomic E-state index is 6.34. The molecule has 146 valence electrons. The smallest absolute Gasteiger partial charge is 0.166 e. The lowest BCUT2D eigenvalue weighted by atomic mass is 10.1. The van der Waals surface area contributed by atoms with E-state index in [0.717, 1.165) is 5.84 Å². The molecule has 4 atom stereocenters. The van der Waals surface area contributed by atoms with Crippen molar-refractivity contribution in [2.45, 2.75) is 77.9 Å². The van der Waals surface area contributed by atoms with Crippen LogP contribution in [0.15, 0.2) is 21.4 Å². The summed E-state index contributed by atoms with van der Waals surface area (Å²) in [5, 5.41) is 3.43. The number of nitrogens with one attached hydrogen (secondary N) is 1. The van der Waals surface area contributed by atoms with Crippen LogP contribution in [0.2, 0.25) is 0 Å². The van der Waals surface area contributed by atoms with Crippen molar-refractivity contribution in [3.8, 4) is 0 Å². The number of aliphatic imine (C=N–C) groups is 2. The molecule has 0 aromatic rings. The summed E-state index contributed by atoms with van der Waals surface area (Å²) in [6.07, 6.45) is 0.887. The highest BCUT2D eigenvalue weighted by atomic mass is 16.8. The van der Waals surface area contributed by atoms with Gasteiger partial charge in [0.05, 0.1) is 6.34 Å². The number of allylic oxidation sites excluding steroid dienone is 1. The van der Waals surface area contributed by atoms with Crippen molar-refractivity contribution >= 4 is 12.2 Å². The Morgan fingerprint density at radius 2 is 2.08 bits per heavy atom. The van der Waals surface area contributed by atoms with Crippen LogP contribution in [0, 0.1) is 0 Å². The second-order valence-corrected chi connectivity index (χ2v) is 7.67. The van der Waals surface area contributed by atoms with Crippen molar-refractivity contribution in [1.29, 1.82) is 0 Å². The monoisotopic (exact) mass is 365 g/mol. The van der Waals surface area contributed by atoms with Crippen LogP contribution in [0.3, 0.4) is 0 Å². The maximum Gasteiger partial charge on any atom is 0.166 e. The first-order valence-electron chi connectivity index (χ1n) is 9.31. The first kappa shape index (κ1) is 19.3. The van der Waals surface area contributed by atoms with Gasteiger partial charge in [0.25, 0.3) is 0 Å². The Bertz CT molecular complexity index is 624. The highest BCUT2D eigenvalue weighted by molar-refractivity contribution is 6.09. The summed E-state index contributed by atoms with van der Waals surface area (Å²) >= 11 is 0. The van der Waals surface area contributed by atoms with Crippen molar-refractivity contribution in [1.82, 2.24) is 10.2 Å². The normalized spacial score (nSPS) is 36.4. The van der Waals surface area contributed by atoms with Crippen LogP contribution in [-0.2, 0) is 14.2 Å². The molecule has 0 amide bonds. The van der Waals surface area contributed by atoms with E-state index in [0.29, 0.717) is 30.5 Å². The van der Waals surface area contributed by atoms with Crippen LogP contribution < -0.4 is 11.1 Å². The molecule has 0 aromatic carbocycles. The van der Waals surface area contributed by atoms with Gasteiger partial charge >= 0.3 is 0 Å². The molecule has 8 nitrogen and oxygen atoms in total. The van der Waals surface area contributed by atoms with Gasteiger partial charge in [0.15, 0.2) is 17.9 Å². The Morgan fingerprint density at radius 1 is 1.38 bits per heavy atom. The van der Waals surface area contributed by atoms with Crippen molar-refractivity contribution in [2.75, 3.05) is 13.1 Å². The second kappa shape index (κ2) is 7.26. The molecule has 8 heteroatoms. The van der Waals surface area contributed by atoms with E-state index in [4.69, 9.17) is 19.9 Å². The van der Waals surface area contributed by atoms with Gasteiger partial charge in [-0.05, 0) is 27.7 Å². The molecular weight excluding hydrogens is 334 g/mol. The minimum atomic E-state index is -0.644. The van der Waals surface area contributed by atoms with Gasteiger partial charge in [0, 0.05) is 24.8 Å². The van der Waals surface area contributed by atoms with E-state index in [9.17, 15) is 0 Å². The molecule has 0 aromatic heterocycles. The third-order valence-corrected chi connectivity index (χ3v) is 4.58. The summed E-state index contributed by atoms with van der Waals surface area (Å²) in [6, 6.07) is 0.367. The minimum Gasteiger partial charge on any atom is -0.400 e. The Kier molecular flexibility index (Phi) is 5.39. The van der Waals surface area contributed by atoms with E-state index in [1.807, 2.05) is 32.6 Å². The van der Waals surface area contributed by atoms with Crippen LogP contribution in [-0.4, -0.2) is 66.5 Å². The Hall–Kier alpha value is -1.48. The van der Waals surface area contributed by atoms with Gasteiger partial charge < -0.3 is 25.3 Å². The molecule has 0 spiro atoms. The van der Waals surface area contributed by atoms with Gasteiger partial charge in [0.2, 0.25) is 0 Å². The zero-order valence-corrected chi connectivity index (χ0v) is 16.5. The molecule has 0 saturated carbocycles. The second-order valence-electron chi connectivity index (χ2n) is 7.67. The van der Waals surface area contributed by atoms with Crippen LogP contribution in [0.25, 0.3) is 0 Å². The quantitative estimate of drug-likeness (QED) is 0.760. The van der Waals surface area contributed by atoms with E-state index in [2.05, 4.69) is 29.1 Å². The van der Waals surface area contributed by atoms with Gasteiger partial charge in [0.1, 0.15) is 24.0 Å². The van der Waals surface area contributed by atoms with Crippen LogP contribution in [0.5, 0.6) is 0 Å². The number of amidine groups is 1. The van der Waals surface area contributed by atoms with Gasteiger partial charge in [-0.15, -0.1) is 0 Å². The Balaban J connectivity index is 1.86. The van der Waals surface area contributed by atoms with Gasteiger partial charge in [-0.2, -0.15) is 0 Å². The Morgan fingerprint density at radius 3 is 2.69 bits per heavy atom. The summed E-state index contributed by atoms with van der Waals surface area (Å²) in [6.45, 7) is 13.2. The largest absolute Gasteiger partial charge is 0.400 e. The lowest BCUT2D eigenvalue weighted by molar-refractivity contribution is -0.194. The van der Waals surface area contributed by atoms with E-state index < -0.39 is 5.79 Å². The number of fused-ring (bicyclic) bond motifs is 1. The molecular formula is C18H31N5O3. The zero-order chi connectivity index (χ0) is 19.1. The number of nitrogens with zero attached hydrogens (tertiary/aromatic N) is 3. The standard InChI is InChI=1S/C18H31N5O3/c1-7-20-16-13(11(4)19)22-9-23(16)17-15-14(25-18(5,6)26-15)12(24-17)8-21-10(2)3/h9-10,12,14-15,17,21H,7-8,19H2,1-6H3/b13-11-,20-16+/t12?,14-,15-,17?/m1/s1. The fourth-order valence-corrected chi connectivity index (χ4v) is 3.52. The van der Waals surface area contributed by atoms with Crippen LogP contribution >= 0.6 is 0 Å². The van der Waals surface area contributed by atoms with Crippen molar-refractivity contribution < 1.29 is 14.2 Å². The van der Waals surface area contributed by atoms with E-state index in [-0.39, 0.29) is 24.5 Å². The maximum atomic E-state index is 6.34. The Labute approximate surface area is 155 Å². The average Bonchev–Trinajstić information content (AvgIpc) is 3.17. The van der Waals surface area contributed by atoms with Gasteiger partial charge in [-0.25, -0.2) is 4.99 Å². The average molecular weight is 365 g/mol. The number of ether oxygens (including phenoxy) is 3. The highest BCUT2D eigenvalue weighted by Gasteiger charge is 2.57. The SMILES string of the molecule is CC/N=C1\C(=C(/C)N)N=CN1C1OC(CNC(C)C)[C@H]2OC(C)(C)O[C@@H]12. The fraction of sp³-hybridized carbons (Fsp3) is 0.778. The fourth-order valence-electron chi connectivity index (χ4n) is 3.52. The number of rotatable bonds is 5. The van der Waals surface area contributed by atoms with E-state index >= 15 is 0 Å². The number of hydrogen-bond acceptors (Lipinski definition) is 7. The molecule has 26 heavy (non-hydrogen) atoms. The first-order chi connectivity index (χ1) is 12.2. The molecule has 3 N–H and O–H groups in total.